The molecule has 4 nitrogen and oxygen atoms in total. The molecule has 1 aromatic rings. The van der Waals surface area contributed by atoms with Gasteiger partial charge in [-0.15, -0.1) is 0 Å². The summed E-state index contributed by atoms with van der Waals surface area (Å²) in [6.45, 7) is 8.64. The number of nitrogens with zero attached hydrogens (tertiary/aromatic N) is 2. The van der Waals surface area contributed by atoms with Crippen molar-refractivity contribution in [2.24, 2.45) is 0 Å². The summed E-state index contributed by atoms with van der Waals surface area (Å²) in [6.07, 6.45) is 1.96. The molecule has 1 aromatic carbocycles. The van der Waals surface area contributed by atoms with Crippen molar-refractivity contribution in [3.05, 3.63) is 34.1 Å². The van der Waals surface area contributed by atoms with E-state index in [9.17, 15) is 9.18 Å². The molecule has 3 rings (SSSR count). The molecule has 1 amide bonds. The first-order chi connectivity index (χ1) is 11.2. The fourth-order valence-electron chi connectivity index (χ4n) is 3.22. The van der Waals surface area contributed by atoms with Crippen molar-refractivity contribution in [2.45, 2.75) is 51.3 Å². The van der Waals surface area contributed by atoms with Crippen LogP contribution in [0.5, 0.6) is 0 Å². The second-order valence-corrected chi connectivity index (χ2v) is 8.65. The lowest BCUT2D eigenvalue weighted by molar-refractivity contribution is -0.00239. The zero-order valence-corrected chi connectivity index (χ0v) is 16.0. The molecule has 2 aliphatic rings. The van der Waals surface area contributed by atoms with Gasteiger partial charge in [0.25, 0.3) is 0 Å². The van der Waals surface area contributed by atoms with Crippen LogP contribution in [-0.2, 0) is 11.3 Å². The molecule has 1 aliphatic carbocycles. The molecular weight excluding hydrogens is 375 g/mol. The molecule has 0 atom stereocenters. The molecule has 24 heavy (non-hydrogen) atoms. The third kappa shape index (κ3) is 3.91. The minimum Gasteiger partial charge on any atom is -0.444 e. The summed E-state index contributed by atoms with van der Waals surface area (Å²) in [7, 11) is 0. The van der Waals surface area contributed by atoms with Crippen LogP contribution >= 0.6 is 15.9 Å². The van der Waals surface area contributed by atoms with Gasteiger partial charge >= 0.3 is 6.09 Å². The Balaban J connectivity index is 1.65. The minimum atomic E-state index is -0.467. The molecule has 2 fully saturated rings. The van der Waals surface area contributed by atoms with Crippen LogP contribution in [0.1, 0.15) is 39.2 Å². The van der Waals surface area contributed by atoms with Crippen LogP contribution in [0.4, 0.5) is 9.18 Å². The van der Waals surface area contributed by atoms with Crippen LogP contribution in [0.3, 0.4) is 0 Å². The number of carbonyl (C=O) groups excluding carboxylic acids is 1. The highest BCUT2D eigenvalue weighted by molar-refractivity contribution is 9.10. The predicted molar refractivity (Wildman–Crippen MR) is 94.3 cm³/mol. The molecule has 0 radical (unpaired) electrons. The Bertz CT molecular complexity index is 640. The Morgan fingerprint density at radius 2 is 2.04 bits per heavy atom. The van der Waals surface area contributed by atoms with Gasteiger partial charge in [-0.05, 0) is 67.2 Å². The number of hydrogen-bond donors (Lipinski definition) is 0. The average Bonchev–Trinajstić information content (AvgIpc) is 3.23. The van der Waals surface area contributed by atoms with E-state index in [0.717, 1.165) is 31.5 Å². The third-order valence-corrected chi connectivity index (χ3v) is 5.24. The maximum absolute atomic E-state index is 13.4. The van der Waals surface area contributed by atoms with Gasteiger partial charge in [-0.25, -0.2) is 9.18 Å². The second kappa shape index (κ2) is 6.30. The standard InChI is InChI=1S/C18H24BrFN2O2/c1-17(2,3)24-16(23)21-8-9-22(18(12-21)6-7-18)11-13-4-5-15(20)14(19)10-13/h4-5,10H,6-9,11-12H2,1-3H3. The average molecular weight is 399 g/mol. The van der Waals surface area contributed by atoms with Crippen molar-refractivity contribution >= 4 is 22.0 Å². The molecule has 1 saturated heterocycles. The Kier molecular flexibility index (Phi) is 4.64. The van der Waals surface area contributed by atoms with E-state index >= 15 is 0 Å². The van der Waals surface area contributed by atoms with Crippen LogP contribution < -0.4 is 0 Å². The zero-order valence-electron chi connectivity index (χ0n) is 14.4. The molecule has 1 heterocycles. The largest absolute Gasteiger partial charge is 0.444 e. The van der Waals surface area contributed by atoms with E-state index in [4.69, 9.17) is 4.74 Å². The topological polar surface area (TPSA) is 32.8 Å². The van der Waals surface area contributed by atoms with Crippen molar-refractivity contribution in [1.82, 2.24) is 9.80 Å². The Morgan fingerprint density at radius 1 is 1.33 bits per heavy atom. The van der Waals surface area contributed by atoms with Crippen molar-refractivity contribution in [2.75, 3.05) is 19.6 Å². The molecule has 0 aromatic heterocycles. The normalized spacial score (nSPS) is 20.3. The summed E-state index contributed by atoms with van der Waals surface area (Å²) >= 11 is 3.25. The van der Waals surface area contributed by atoms with Crippen LogP contribution in [-0.4, -0.2) is 46.7 Å². The van der Waals surface area contributed by atoms with Gasteiger partial charge in [0.05, 0.1) is 4.47 Å². The molecule has 0 N–H and O–H groups in total. The first-order valence-corrected chi connectivity index (χ1v) is 9.15. The van der Waals surface area contributed by atoms with Gasteiger partial charge in [0.15, 0.2) is 0 Å². The molecule has 132 valence electrons. The third-order valence-electron chi connectivity index (χ3n) is 4.63. The highest BCUT2D eigenvalue weighted by Gasteiger charge is 2.52. The summed E-state index contributed by atoms with van der Waals surface area (Å²) in [5.74, 6) is -0.241. The molecule has 1 saturated carbocycles. The number of benzene rings is 1. The molecule has 0 bridgehead atoms. The van der Waals surface area contributed by atoms with Crippen LogP contribution in [0.25, 0.3) is 0 Å². The van der Waals surface area contributed by atoms with E-state index in [-0.39, 0.29) is 17.4 Å². The van der Waals surface area contributed by atoms with Gasteiger partial charge in [-0.1, -0.05) is 6.07 Å². The number of ether oxygens (including phenoxy) is 1. The number of carbonyl (C=O) groups is 1. The monoisotopic (exact) mass is 398 g/mol. The van der Waals surface area contributed by atoms with Crippen molar-refractivity contribution in [1.29, 1.82) is 0 Å². The maximum Gasteiger partial charge on any atom is 0.410 e. The fraction of sp³-hybridized carbons (Fsp3) is 0.611. The molecular formula is C18H24BrFN2O2. The Labute approximate surface area is 151 Å². The van der Waals surface area contributed by atoms with E-state index in [1.54, 1.807) is 0 Å². The summed E-state index contributed by atoms with van der Waals surface area (Å²) < 4.78 is 19.4. The van der Waals surface area contributed by atoms with E-state index in [1.807, 2.05) is 37.8 Å². The van der Waals surface area contributed by atoms with Crippen molar-refractivity contribution in [3.8, 4) is 0 Å². The number of halogens is 2. The first kappa shape index (κ1) is 17.7. The van der Waals surface area contributed by atoms with Crippen LogP contribution in [0, 0.1) is 5.82 Å². The minimum absolute atomic E-state index is 0.0655. The van der Waals surface area contributed by atoms with Crippen molar-refractivity contribution in [3.63, 3.8) is 0 Å². The smallest absolute Gasteiger partial charge is 0.410 e. The number of rotatable bonds is 2. The van der Waals surface area contributed by atoms with Gasteiger partial charge in [-0.3, -0.25) is 4.90 Å². The van der Waals surface area contributed by atoms with Gasteiger partial charge in [0.2, 0.25) is 0 Å². The van der Waals surface area contributed by atoms with E-state index in [2.05, 4.69) is 20.8 Å². The molecule has 0 unspecified atom stereocenters. The van der Waals surface area contributed by atoms with E-state index in [1.165, 1.54) is 6.07 Å². The van der Waals surface area contributed by atoms with E-state index < -0.39 is 5.60 Å². The summed E-state index contributed by atoms with van der Waals surface area (Å²) in [4.78, 5) is 16.6. The lowest BCUT2D eigenvalue weighted by Gasteiger charge is -2.42. The summed E-state index contributed by atoms with van der Waals surface area (Å²) in [5.41, 5.74) is 0.682. The molecule has 6 heteroatoms. The SMILES string of the molecule is CC(C)(C)OC(=O)N1CCN(Cc2ccc(F)c(Br)c2)C2(CC2)C1. The summed E-state index contributed by atoms with van der Waals surface area (Å²) in [6, 6.07) is 5.16. The van der Waals surface area contributed by atoms with Crippen molar-refractivity contribution < 1.29 is 13.9 Å². The van der Waals surface area contributed by atoms with Crippen LogP contribution in [0.2, 0.25) is 0 Å². The Morgan fingerprint density at radius 3 is 2.62 bits per heavy atom. The molecule has 1 aliphatic heterocycles. The molecule has 1 spiro atoms. The number of amides is 1. The van der Waals surface area contributed by atoms with Gasteiger partial charge in [0.1, 0.15) is 11.4 Å². The first-order valence-electron chi connectivity index (χ1n) is 8.35. The quantitative estimate of drug-likeness (QED) is 0.748. The van der Waals surface area contributed by atoms with E-state index in [0.29, 0.717) is 17.6 Å². The fourth-order valence-corrected chi connectivity index (χ4v) is 3.65. The predicted octanol–water partition coefficient (Wildman–Crippen LogP) is 4.17. The van der Waals surface area contributed by atoms with Crippen LogP contribution in [0.15, 0.2) is 22.7 Å². The Hall–Kier alpha value is -1.14. The zero-order chi connectivity index (χ0) is 17.5. The maximum atomic E-state index is 13.4. The second-order valence-electron chi connectivity index (χ2n) is 7.80. The van der Waals surface area contributed by atoms with Gasteiger partial charge in [0, 0.05) is 31.7 Å². The highest BCUT2D eigenvalue weighted by atomic mass is 79.9. The lowest BCUT2D eigenvalue weighted by atomic mass is 10.1. The number of piperazine rings is 1. The highest BCUT2D eigenvalue weighted by Crippen LogP contribution is 2.45. The van der Waals surface area contributed by atoms with Gasteiger partial charge < -0.3 is 9.64 Å². The van der Waals surface area contributed by atoms with Gasteiger partial charge in [-0.2, -0.15) is 0 Å². The lowest BCUT2D eigenvalue weighted by Crippen LogP contribution is -2.56. The summed E-state index contributed by atoms with van der Waals surface area (Å²) in [5, 5.41) is 0. The number of hydrogen-bond acceptors (Lipinski definition) is 3.